The van der Waals surface area contributed by atoms with Gasteiger partial charge in [-0.2, -0.15) is 0 Å². The molecule has 2 amide bonds. The highest BCUT2D eigenvalue weighted by atomic mass is 16.7. The maximum absolute atomic E-state index is 13.1. The second kappa shape index (κ2) is 12.6. The van der Waals surface area contributed by atoms with Crippen LogP contribution in [0.5, 0.6) is 0 Å². The molecule has 3 rings (SSSR count). The van der Waals surface area contributed by atoms with E-state index in [1.165, 1.54) is 6.07 Å². The highest BCUT2D eigenvalue weighted by Gasteiger charge is 2.29. The number of aromatic nitrogens is 1. The lowest BCUT2D eigenvalue weighted by Crippen LogP contribution is -2.44. The third-order valence-electron chi connectivity index (χ3n) is 5.98. The maximum Gasteiger partial charge on any atom is 0.244 e. The Kier molecular flexibility index (Phi) is 9.52. The quantitative estimate of drug-likeness (QED) is 0.269. The fraction of sp³-hybridized carbons (Fsp3) is 0.414. The van der Waals surface area contributed by atoms with Crippen molar-refractivity contribution in [3.05, 3.63) is 65.5 Å². The molecule has 0 unspecified atom stereocenters. The number of fused-ring (bicyclic) bond motifs is 1. The number of nitrogens with one attached hydrogen (secondary N) is 2. The molecule has 9 heteroatoms. The number of hydrogen-bond acceptors (Lipinski definition) is 7. The van der Waals surface area contributed by atoms with Crippen molar-refractivity contribution in [1.29, 1.82) is 0 Å². The van der Waals surface area contributed by atoms with Gasteiger partial charge in [-0.3, -0.25) is 24.0 Å². The first kappa shape index (κ1) is 28.7. The summed E-state index contributed by atoms with van der Waals surface area (Å²) in [7, 11) is 0. The average molecular weight is 522 g/mol. The second-order valence-corrected chi connectivity index (χ2v) is 10.4. The molecule has 1 aromatic heterocycles. The first-order valence-electron chi connectivity index (χ1n) is 12.7. The number of hydrogen-bond donors (Lipinski definition) is 2. The zero-order valence-electron chi connectivity index (χ0n) is 22.5. The minimum atomic E-state index is -1.03. The molecule has 0 aliphatic rings. The van der Waals surface area contributed by atoms with Gasteiger partial charge in [0, 0.05) is 25.3 Å². The van der Waals surface area contributed by atoms with Gasteiger partial charge in [0.05, 0.1) is 17.6 Å². The number of Topliss-reactive ketones (excluding diaryl/α,β-unsaturated/α-hetero) is 2. The summed E-state index contributed by atoms with van der Waals surface area (Å²) < 4.78 is 4.96. The molecule has 2 atom stereocenters. The number of ketones is 2. The van der Waals surface area contributed by atoms with Gasteiger partial charge >= 0.3 is 0 Å². The van der Waals surface area contributed by atoms with Gasteiger partial charge in [-0.1, -0.05) is 47.6 Å². The Morgan fingerprint density at radius 3 is 2.42 bits per heavy atom. The lowest BCUT2D eigenvalue weighted by Gasteiger charge is -2.21. The molecule has 0 fully saturated rings. The fourth-order valence-electron chi connectivity index (χ4n) is 3.96. The fourth-order valence-corrected chi connectivity index (χ4v) is 3.96. The van der Waals surface area contributed by atoms with Crippen LogP contribution in [0.1, 0.15) is 68.8 Å². The minimum Gasteiger partial charge on any atom is -0.361 e. The smallest absolute Gasteiger partial charge is 0.244 e. The Morgan fingerprint density at radius 1 is 1.03 bits per heavy atom. The SMILES string of the molecule is Cc1cc(C(=O)C[C@@H](CC(=O)NOC(C)(C)C)C(=O)N[C@@H](C)C(=O)CCc2cccc3ccccc23)no1. The van der Waals surface area contributed by atoms with E-state index >= 15 is 0 Å². The molecular formula is C29H35N3O6. The van der Waals surface area contributed by atoms with Crippen LogP contribution in [0.2, 0.25) is 0 Å². The van der Waals surface area contributed by atoms with E-state index in [4.69, 9.17) is 9.36 Å². The van der Waals surface area contributed by atoms with Crippen LogP contribution < -0.4 is 10.8 Å². The van der Waals surface area contributed by atoms with Crippen LogP contribution in [0.15, 0.2) is 53.1 Å². The van der Waals surface area contributed by atoms with E-state index in [2.05, 4.69) is 16.0 Å². The Hall–Kier alpha value is -3.85. The number of benzene rings is 2. The van der Waals surface area contributed by atoms with Crippen molar-refractivity contribution in [1.82, 2.24) is 16.0 Å². The highest BCUT2D eigenvalue weighted by molar-refractivity contribution is 5.99. The van der Waals surface area contributed by atoms with Crippen molar-refractivity contribution in [3.8, 4) is 0 Å². The third-order valence-corrected chi connectivity index (χ3v) is 5.98. The van der Waals surface area contributed by atoms with E-state index in [9.17, 15) is 19.2 Å². The van der Waals surface area contributed by atoms with Crippen molar-refractivity contribution >= 4 is 34.2 Å². The Morgan fingerprint density at radius 2 is 1.74 bits per heavy atom. The van der Waals surface area contributed by atoms with E-state index in [-0.39, 0.29) is 30.7 Å². The van der Waals surface area contributed by atoms with E-state index < -0.39 is 35.2 Å². The monoisotopic (exact) mass is 521 g/mol. The van der Waals surface area contributed by atoms with Gasteiger partial charge in [0.1, 0.15) is 11.5 Å². The number of hydroxylamine groups is 1. The Balaban J connectivity index is 1.64. The summed E-state index contributed by atoms with van der Waals surface area (Å²) >= 11 is 0. The Bertz CT molecular complexity index is 1300. The first-order valence-corrected chi connectivity index (χ1v) is 12.7. The summed E-state index contributed by atoms with van der Waals surface area (Å²) in [5.74, 6) is -2.30. The topological polar surface area (TPSA) is 128 Å². The van der Waals surface area contributed by atoms with Crippen molar-refractivity contribution in [2.75, 3.05) is 0 Å². The highest BCUT2D eigenvalue weighted by Crippen LogP contribution is 2.20. The molecule has 0 saturated carbocycles. The molecule has 202 valence electrons. The van der Waals surface area contributed by atoms with Gasteiger partial charge in [0.2, 0.25) is 11.8 Å². The van der Waals surface area contributed by atoms with Crippen LogP contribution >= 0.6 is 0 Å². The van der Waals surface area contributed by atoms with Gasteiger partial charge in [0.15, 0.2) is 11.6 Å². The van der Waals surface area contributed by atoms with Crippen molar-refractivity contribution in [2.24, 2.45) is 5.92 Å². The predicted molar refractivity (Wildman–Crippen MR) is 142 cm³/mol. The lowest BCUT2D eigenvalue weighted by molar-refractivity contribution is -0.148. The predicted octanol–water partition coefficient (Wildman–Crippen LogP) is 4.27. The summed E-state index contributed by atoms with van der Waals surface area (Å²) in [4.78, 5) is 56.5. The van der Waals surface area contributed by atoms with Crippen LogP contribution in [0.25, 0.3) is 10.8 Å². The van der Waals surface area contributed by atoms with Crippen molar-refractivity contribution in [2.45, 2.75) is 71.9 Å². The molecule has 0 bridgehead atoms. The Labute approximate surface area is 222 Å². The van der Waals surface area contributed by atoms with Crippen LogP contribution in [-0.2, 0) is 25.6 Å². The average Bonchev–Trinajstić information content (AvgIpc) is 3.31. The summed E-state index contributed by atoms with van der Waals surface area (Å²) in [5.41, 5.74) is 2.82. The molecule has 0 aliphatic carbocycles. The molecule has 3 aromatic rings. The van der Waals surface area contributed by atoms with Crippen LogP contribution in [-0.4, -0.2) is 40.2 Å². The molecule has 2 aromatic carbocycles. The summed E-state index contributed by atoms with van der Waals surface area (Å²) in [6.07, 6.45) is 0.177. The number of nitrogens with zero attached hydrogens (tertiary/aromatic N) is 1. The molecular weight excluding hydrogens is 486 g/mol. The summed E-state index contributed by atoms with van der Waals surface area (Å²) in [6, 6.07) is 14.6. The number of rotatable bonds is 12. The zero-order chi connectivity index (χ0) is 27.9. The molecule has 0 radical (unpaired) electrons. The van der Waals surface area contributed by atoms with Crippen LogP contribution in [0.4, 0.5) is 0 Å². The molecule has 0 spiro atoms. The van der Waals surface area contributed by atoms with E-state index in [0.717, 1.165) is 16.3 Å². The van der Waals surface area contributed by atoms with Gasteiger partial charge in [0.25, 0.3) is 0 Å². The van der Waals surface area contributed by atoms with Crippen LogP contribution in [0.3, 0.4) is 0 Å². The molecule has 2 N–H and O–H groups in total. The largest absolute Gasteiger partial charge is 0.361 e. The van der Waals surface area contributed by atoms with Crippen molar-refractivity contribution in [3.63, 3.8) is 0 Å². The number of carbonyl (C=O) groups is 4. The van der Waals surface area contributed by atoms with E-state index in [1.54, 1.807) is 34.6 Å². The van der Waals surface area contributed by atoms with Gasteiger partial charge in [-0.15, -0.1) is 0 Å². The van der Waals surface area contributed by atoms with Gasteiger partial charge in [-0.05, 0) is 57.4 Å². The zero-order valence-corrected chi connectivity index (χ0v) is 22.5. The summed E-state index contributed by atoms with van der Waals surface area (Å²) in [6.45, 7) is 8.54. The van der Waals surface area contributed by atoms with Crippen molar-refractivity contribution < 1.29 is 28.5 Å². The number of amides is 2. The van der Waals surface area contributed by atoms with Crippen LogP contribution in [0, 0.1) is 12.8 Å². The van der Waals surface area contributed by atoms with Gasteiger partial charge < -0.3 is 9.84 Å². The number of aryl methyl sites for hydroxylation is 2. The van der Waals surface area contributed by atoms with E-state index in [1.807, 2.05) is 42.5 Å². The minimum absolute atomic E-state index is 0.0749. The molecule has 0 saturated heterocycles. The first-order chi connectivity index (χ1) is 17.9. The normalized spacial score (nSPS) is 13.1. The maximum atomic E-state index is 13.1. The van der Waals surface area contributed by atoms with E-state index in [0.29, 0.717) is 12.2 Å². The third kappa shape index (κ3) is 8.34. The molecule has 0 aliphatic heterocycles. The second-order valence-electron chi connectivity index (χ2n) is 10.4. The standard InChI is InChI=1S/C29H35N3O6/c1-18-15-24(31-37-18)26(34)16-22(17-27(35)32-38-29(3,4)5)28(36)30-19(2)25(33)14-13-21-11-8-10-20-9-6-7-12-23(20)21/h6-12,15,19,22H,13-14,16-17H2,1-5H3,(H,30,36)(H,32,35)/t19-,22-/m0/s1. The van der Waals surface area contributed by atoms with Gasteiger partial charge in [-0.25, -0.2) is 5.48 Å². The number of carbonyl (C=O) groups excluding carboxylic acids is 4. The molecule has 1 heterocycles. The molecule has 9 nitrogen and oxygen atoms in total. The lowest BCUT2D eigenvalue weighted by atomic mass is 9.95. The molecule has 38 heavy (non-hydrogen) atoms. The summed E-state index contributed by atoms with van der Waals surface area (Å²) in [5, 5.41) is 8.58.